The minimum absolute atomic E-state index is 0.213. The molecule has 1 aliphatic carbocycles. The van der Waals surface area contributed by atoms with E-state index in [9.17, 15) is 9.59 Å². The molecule has 0 aromatic carbocycles. The summed E-state index contributed by atoms with van der Waals surface area (Å²) in [6, 6.07) is 0. The van der Waals surface area contributed by atoms with E-state index in [4.69, 9.17) is 0 Å². The first-order valence-corrected chi connectivity index (χ1v) is 3.60. The number of rotatable bonds is 0. The Morgan fingerprint density at radius 2 is 1.64 bits per heavy atom. The first-order valence-electron chi connectivity index (χ1n) is 3.60. The summed E-state index contributed by atoms with van der Waals surface area (Å²) >= 11 is 0. The van der Waals surface area contributed by atoms with Crippen LogP contribution in [0.3, 0.4) is 0 Å². The molecular weight excluding hydrogens is 144 g/mol. The monoisotopic (exact) mass is 152 g/mol. The molecule has 2 atom stereocenters. The van der Waals surface area contributed by atoms with Crippen molar-refractivity contribution < 1.29 is 14.3 Å². The highest BCUT2D eigenvalue weighted by molar-refractivity contribution is 5.97. The fourth-order valence-corrected chi connectivity index (χ4v) is 1.74. The quantitative estimate of drug-likeness (QED) is 0.291. The van der Waals surface area contributed by atoms with E-state index in [1.54, 1.807) is 0 Å². The van der Waals surface area contributed by atoms with Gasteiger partial charge in [-0.2, -0.15) is 0 Å². The molecule has 58 valence electrons. The first-order chi connectivity index (χ1) is 5.18. The summed E-state index contributed by atoms with van der Waals surface area (Å²) in [7, 11) is 0. The molecule has 0 N–H and O–H groups in total. The van der Waals surface area contributed by atoms with Crippen molar-refractivity contribution in [2.45, 2.75) is 12.8 Å². The molecule has 11 heavy (non-hydrogen) atoms. The van der Waals surface area contributed by atoms with Gasteiger partial charge in [0.1, 0.15) is 0 Å². The van der Waals surface area contributed by atoms with Crippen LogP contribution in [0.4, 0.5) is 0 Å². The van der Waals surface area contributed by atoms with E-state index in [1.807, 2.05) is 0 Å². The zero-order valence-corrected chi connectivity index (χ0v) is 6.00. The van der Waals surface area contributed by atoms with E-state index in [2.05, 4.69) is 11.3 Å². The molecule has 0 unspecified atom stereocenters. The Hall–Kier alpha value is -1.12. The Kier molecular flexibility index (Phi) is 1.16. The maximum atomic E-state index is 10.9. The van der Waals surface area contributed by atoms with Crippen molar-refractivity contribution in [2.75, 3.05) is 0 Å². The number of carbonyl (C=O) groups is 2. The van der Waals surface area contributed by atoms with Gasteiger partial charge in [0.25, 0.3) is 0 Å². The standard InChI is InChI=1S/C8H8O3/c1-4-2-5-6(3-4)8(10)11-7(5)9/h5-6H,1-3H2/t5-,6-/m1/s1. The van der Waals surface area contributed by atoms with Crippen molar-refractivity contribution in [1.29, 1.82) is 0 Å². The molecule has 0 aromatic heterocycles. The Morgan fingerprint density at radius 3 is 2.09 bits per heavy atom. The second kappa shape index (κ2) is 1.94. The Labute approximate surface area is 64.0 Å². The summed E-state index contributed by atoms with van der Waals surface area (Å²) < 4.78 is 4.46. The molecule has 0 radical (unpaired) electrons. The normalized spacial score (nSPS) is 35.8. The number of fused-ring (bicyclic) bond motifs is 1. The van der Waals surface area contributed by atoms with Gasteiger partial charge in [-0.25, -0.2) is 0 Å². The summed E-state index contributed by atoms with van der Waals surface area (Å²) in [5.74, 6) is -1.15. The van der Waals surface area contributed by atoms with Crippen LogP contribution in [0.2, 0.25) is 0 Å². The zero-order chi connectivity index (χ0) is 8.01. The van der Waals surface area contributed by atoms with Gasteiger partial charge >= 0.3 is 11.9 Å². The van der Waals surface area contributed by atoms with Gasteiger partial charge in [-0.1, -0.05) is 12.2 Å². The van der Waals surface area contributed by atoms with E-state index in [-0.39, 0.29) is 23.8 Å². The Balaban J connectivity index is 2.29. The minimum Gasteiger partial charge on any atom is -0.393 e. The van der Waals surface area contributed by atoms with Crippen LogP contribution in [0.1, 0.15) is 12.8 Å². The maximum absolute atomic E-state index is 10.9. The van der Waals surface area contributed by atoms with Crippen LogP contribution in [-0.2, 0) is 14.3 Å². The second-order valence-electron chi connectivity index (χ2n) is 3.11. The van der Waals surface area contributed by atoms with Crippen molar-refractivity contribution in [3.05, 3.63) is 12.2 Å². The average Bonchev–Trinajstić information content (AvgIpc) is 2.38. The summed E-state index contributed by atoms with van der Waals surface area (Å²) in [6.07, 6.45) is 1.27. The van der Waals surface area contributed by atoms with Crippen LogP contribution in [0, 0.1) is 11.8 Å². The molecule has 0 aromatic rings. The third-order valence-corrected chi connectivity index (χ3v) is 2.31. The highest BCUT2D eigenvalue weighted by Gasteiger charge is 2.48. The molecule has 1 heterocycles. The molecule has 2 aliphatic rings. The number of cyclic esters (lactones) is 2. The van der Waals surface area contributed by atoms with Crippen LogP contribution < -0.4 is 0 Å². The van der Waals surface area contributed by atoms with Gasteiger partial charge in [-0.05, 0) is 12.8 Å². The maximum Gasteiger partial charge on any atom is 0.317 e. The summed E-state index contributed by atoms with van der Waals surface area (Å²) in [6.45, 7) is 3.75. The fraction of sp³-hybridized carbons (Fsp3) is 0.500. The second-order valence-corrected chi connectivity index (χ2v) is 3.11. The number of allylic oxidation sites excluding steroid dienone is 1. The van der Waals surface area contributed by atoms with Gasteiger partial charge in [0.05, 0.1) is 11.8 Å². The van der Waals surface area contributed by atoms with Crippen LogP contribution in [0.5, 0.6) is 0 Å². The summed E-state index contributed by atoms with van der Waals surface area (Å²) in [5, 5.41) is 0. The number of hydrogen-bond acceptors (Lipinski definition) is 3. The van der Waals surface area contributed by atoms with E-state index in [0.717, 1.165) is 5.57 Å². The van der Waals surface area contributed by atoms with E-state index in [0.29, 0.717) is 12.8 Å². The van der Waals surface area contributed by atoms with Crippen LogP contribution in [-0.4, -0.2) is 11.9 Å². The minimum atomic E-state index is -0.362. The molecule has 2 fully saturated rings. The molecule has 0 amide bonds. The lowest BCUT2D eigenvalue weighted by molar-refractivity contribution is -0.154. The molecule has 1 aliphatic heterocycles. The van der Waals surface area contributed by atoms with Gasteiger partial charge in [0, 0.05) is 0 Å². The smallest absolute Gasteiger partial charge is 0.317 e. The van der Waals surface area contributed by atoms with E-state index >= 15 is 0 Å². The molecule has 0 bridgehead atoms. The van der Waals surface area contributed by atoms with E-state index in [1.165, 1.54) is 0 Å². The topological polar surface area (TPSA) is 43.4 Å². The molecule has 3 heteroatoms. The van der Waals surface area contributed by atoms with Crippen molar-refractivity contribution in [1.82, 2.24) is 0 Å². The number of ether oxygens (including phenoxy) is 1. The number of esters is 2. The predicted molar refractivity (Wildman–Crippen MR) is 36.5 cm³/mol. The highest BCUT2D eigenvalue weighted by Crippen LogP contribution is 2.40. The number of carbonyl (C=O) groups excluding carboxylic acids is 2. The van der Waals surface area contributed by atoms with Gasteiger partial charge in [0.2, 0.25) is 0 Å². The van der Waals surface area contributed by atoms with Gasteiger partial charge in [-0.3, -0.25) is 9.59 Å². The molecule has 1 saturated heterocycles. The lowest BCUT2D eigenvalue weighted by Gasteiger charge is -1.95. The lowest BCUT2D eigenvalue weighted by atomic mass is 10.00. The zero-order valence-electron chi connectivity index (χ0n) is 6.00. The third-order valence-electron chi connectivity index (χ3n) is 2.31. The van der Waals surface area contributed by atoms with Gasteiger partial charge in [-0.15, -0.1) is 0 Å². The fourth-order valence-electron chi connectivity index (χ4n) is 1.74. The van der Waals surface area contributed by atoms with Crippen molar-refractivity contribution in [3.8, 4) is 0 Å². The summed E-state index contributed by atoms with van der Waals surface area (Å²) in [5.41, 5.74) is 0.991. The molecule has 1 saturated carbocycles. The third kappa shape index (κ3) is 0.803. The molecule has 0 spiro atoms. The Morgan fingerprint density at radius 1 is 1.18 bits per heavy atom. The van der Waals surface area contributed by atoms with Crippen molar-refractivity contribution in [2.24, 2.45) is 11.8 Å². The van der Waals surface area contributed by atoms with Crippen LogP contribution in [0.25, 0.3) is 0 Å². The molecule has 2 rings (SSSR count). The van der Waals surface area contributed by atoms with Crippen molar-refractivity contribution in [3.63, 3.8) is 0 Å². The van der Waals surface area contributed by atoms with Crippen molar-refractivity contribution >= 4 is 11.9 Å². The van der Waals surface area contributed by atoms with Crippen LogP contribution >= 0.6 is 0 Å². The largest absolute Gasteiger partial charge is 0.393 e. The average molecular weight is 152 g/mol. The highest BCUT2D eigenvalue weighted by atomic mass is 16.6. The van der Waals surface area contributed by atoms with Gasteiger partial charge in [0.15, 0.2) is 0 Å². The lowest BCUT2D eigenvalue weighted by Crippen LogP contribution is -2.09. The SMILES string of the molecule is C=C1C[C@H]2C(=O)OC(=O)[C@@H]2C1. The predicted octanol–water partition coefficient (Wildman–Crippen LogP) is 0.652. The first kappa shape index (κ1) is 6.58. The molecule has 3 nitrogen and oxygen atoms in total. The van der Waals surface area contributed by atoms with Crippen LogP contribution in [0.15, 0.2) is 12.2 Å². The van der Waals surface area contributed by atoms with Gasteiger partial charge < -0.3 is 4.74 Å². The Bertz CT molecular complexity index is 230. The van der Waals surface area contributed by atoms with E-state index < -0.39 is 0 Å². The molecular formula is C8H8O3. The number of hydrogen-bond donors (Lipinski definition) is 0. The summed E-state index contributed by atoms with van der Waals surface area (Å²) in [4.78, 5) is 21.9.